The quantitative estimate of drug-likeness (QED) is 0.599. The number of carbonyl (C=O) groups excluding carboxylic acids is 1. The molecule has 1 amide bonds. The van der Waals surface area contributed by atoms with Crippen LogP contribution in [0.5, 0.6) is 0 Å². The van der Waals surface area contributed by atoms with E-state index in [0.717, 1.165) is 56.7 Å². The lowest BCUT2D eigenvalue weighted by atomic mass is 10.1. The first-order valence-corrected chi connectivity index (χ1v) is 12.2. The van der Waals surface area contributed by atoms with Gasteiger partial charge in [-0.1, -0.05) is 18.6 Å². The molecule has 1 aromatic heterocycles. The van der Waals surface area contributed by atoms with Crippen LogP contribution in [0.1, 0.15) is 60.3 Å². The van der Waals surface area contributed by atoms with E-state index >= 15 is 0 Å². The fourth-order valence-electron chi connectivity index (χ4n) is 5.08. The van der Waals surface area contributed by atoms with E-state index in [2.05, 4.69) is 29.2 Å². The molecule has 0 saturated carbocycles. The molecule has 172 valence electrons. The first-order valence-electron chi connectivity index (χ1n) is 12.2. The summed E-state index contributed by atoms with van der Waals surface area (Å²) in [7, 11) is 1.82. The Morgan fingerprint density at radius 1 is 0.939 bits per heavy atom. The number of benzene rings is 2. The van der Waals surface area contributed by atoms with Gasteiger partial charge in [-0.3, -0.25) is 14.2 Å². The molecule has 6 heteroatoms. The Labute approximate surface area is 194 Å². The summed E-state index contributed by atoms with van der Waals surface area (Å²) in [4.78, 5) is 35.0. The minimum Gasteiger partial charge on any atom is -0.372 e. The van der Waals surface area contributed by atoms with Crippen molar-refractivity contribution < 1.29 is 4.79 Å². The molecule has 1 fully saturated rings. The summed E-state index contributed by atoms with van der Waals surface area (Å²) >= 11 is 0. The van der Waals surface area contributed by atoms with Crippen LogP contribution >= 0.6 is 0 Å². The summed E-state index contributed by atoms with van der Waals surface area (Å²) in [5.41, 5.74) is 3.57. The minimum absolute atomic E-state index is 0.0121. The Morgan fingerprint density at radius 2 is 1.67 bits per heavy atom. The number of aryl methyl sites for hydroxylation is 1. The first kappa shape index (κ1) is 21.7. The molecule has 0 unspecified atom stereocenters. The molecule has 0 radical (unpaired) electrons. The lowest BCUT2D eigenvalue weighted by molar-refractivity contribution is 0.0785. The van der Waals surface area contributed by atoms with Gasteiger partial charge in [0.15, 0.2) is 0 Å². The van der Waals surface area contributed by atoms with Crippen LogP contribution in [0.25, 0.3) is 10.9 Å². The molecule has 2 aliphatic rings. The van der Waals surface area contributed by atoms with Crippen LogP contribution in [-0.4, -0.2) is 40.5 Å². The smallest absolute Gasteiger partial charge is 0.261 e. The number of amides is 1. The summed E-state index contributed by atoms with van der Waals surface area (Å²) in [5.74, 6) is 0.783. The molecule has 3 aromatic rings. The van der Waals surface area contributed by atoms with Gasteiger partial charge in [-0.05, 0) is 68.0 Å². The summed E-state index contributed by atoms with van der Waals surface area (Å²) in [6.07, 6.45) is 7.84. The number of aromatic nitrogens is 2. The number of fused-ring (bicyclic) bond motifs is 2. The van der Waals surface area contributed by atoms with Gasteiger partial charge in [-0.2, -0.15) is 0 Å². The summed E-state index contributed by atoms with van der Waals surface area (Å²) in [6, 6.07) is 13.9. The molecule has 6 nitrogen and oxygen atoms in total. The standard InChI is InChI=1S/C27H32N4O2/c1-29(19-20-9-12-22(13-10-20)30-15-5-3-6-16-30)26(32)21-11-14-23-24(18-21)28-25-8-4-2-7-17-31(25)27(23)33/h9-14,18H,2-8,15-17,19H2,1H3. The summed E-state index contributed by atoms with van der Waals surface area (Å²) < 4.78 is 1.82. The lowest BCUT2D eigenvalue weighted by Crippen LogP contribution is -2.29. The molecule has 1 saturated heterocycles. The molecular weight excluding hydrogens is 412 g/mol. The Morgan fingerprint density at radius 3 is 2.45 bits per heavy atom. The number of carbonyl (C=O) groups is 1. The maximum absolute atomic E-state index is 13.1. The molecule has 0 atom stereocenters. The molecule has 0 N–H and O–H groups in total. The number of rotatable bonds is 4. The molecule has 0 aliphatic carbocycles. The van der Waals surface area contributed by atoms with E-state index in [-0.39, 0.29) is 11.5 Å². The van der Waals surface area contributed by atoms with Gasteiger partial charge in [0.1, 0.15) is 5.82 Å². The molecule has 0 spiro atoms. The molecule has 2 aromatic carbocycles. The normalized spacial score (nSPS) is 16.3. The van der Waals surface area contributed by atoms with Gasteiger partial charge in [-0.25, -0.2) is 4.98 Å². The topological polar surface area (TPSA) is 58.4 Å². The number of anilines is 1. The van der Waals surface area contributed by atoms with E-state index in [0.29, 0.717) is 23.0 Å². The van der Waals surface area contributed by atoms with Gasteiger partial charge < -0.3 is 9.80 Å². The number of piperidine rings is 1. The van der Waals surface area contributed by atoms with E-state index in [1.54, 1.807) is 23.1 Å². The zero-order valence-corrected chi connectivity index (χ0v) is 19.4. The second-order valence-corrected chi connectivity index (χ2v) is 9.40. The maximum atomic E-state index is 13.1. The van der Waals surface area contributed by atoms with Crippen LogP contribution in [0.4, 0.5) is 5.69 Å². The third-order valence-electron chi connectivity index (χ3n) is 6.99. The molecule has 0 bridgehead atoms. The van der Waals surface area contributed by atoms with E-state index in [9.17, 15) is 9.59 Å². The van der Waals surface area contributed by atoms with Crippen LogP contribution in [-0.2, 0) is 19.5 Å². The van der Waals surface area contributed by atoms with Crippen molar-refractivity contribution in [2.24, 2.45) is 0 Å². The molecular formula is C27H32N4O2. The van der Waals surface area contributed by atoms with Gasteiger partial charge in [-0.15, -0.1) is 0 Å². The summed E-state index contributed by atoms with van der Waals surface area (Å²) in [5, 5.41) is 0.591. The van der Waals surface area contributed by atoms with Gasteiger partial charge in [0.05, 0.1) is 10.9 Å². The van der Waals surface area contributed by atoms with Gasteiger partial charge in [0.2, 0.25) is 0 Å². The number of hydrogen-bond donors (Lipinski definition) is 0. The molecule has 3 heterocycles. The second-order valence-electron chi connectivity index (χ2n) is 9.40. The Bertz CT molecular complexity index is 1210. The second kappa shape index (κ2) is 9.38. The molecule has 2 aliphatic heterocycles. The highest BCUT2D eigenvalue weighted by molar-refractivity contribution is 5.97. The van der Waals surface area contributed by atoms with E-state index < -0.39 is 0 Å². The third kappa shape index (κ3) is 4.52. The van der Waals surface area contributed by atoms with Crippen molar-refractivity contribution in [2.75, 3.05) is 25.0 Å². The van der Waals surface area contributed by atoms with Gasteiger partial charge in [0.25, 0.3) is 11.5 Å². The van der Waals surface area contributed by atoms with E-state index in [4.69, 9.17) is 4.98 Å². The molecule has 5 rings (SSSR count). The predicted molar refractivity (Wildman–Crippen MR) is 132 cm³/mol. The van der Waals surface area contributed by atoms with Crippen molar-refractivity contribution in [3.05, 3.63) is 69.8 Å². The SMILES string of the molecule is CN(Cc1ccc(N2CCCCC2)cc1)C(=O)c1ccc2c(=O)n3c(nc2c1)CCCCC3. The van der Waals surface area contributed by atoms with E-state index in [1.807, 2.05) is 11.6 Å². The van der Waals surface area contributed by atoms with Crippen molar-refractivity contribution in [3.8, 4) is 0 Å². The van der Waals surface area contributed by atoms with Crippen LogP contribution in [0.15, 0.2) is 47.3 Å². The van der Waals surface area contributed by atoms with Crippen molar-refractivity contribution in [1.29, 1.82) is 0 Å². The van der Waals surface area contributed by atoms with E-state index in [1.165, 1.54) is 24.9 Å². The predicted octanol–water partition coefficient (Wildman–Crippen LogP) is 4.39. The number of hydrogen-bond acceptors (Lipinski definition) is 4. The van der Waals surface area contributed by atoms with Crippen molar-refractivity contribution >= 4 is 22.5 Å². The van der Waals surface area contributed by atoms with Crippen molar-refractivity contribution in [2.45, 2.75) is 58.0 Å². The summed E-state index contributed by atoms with van der Waals surface area (Å²) in [6.45, 7) is 3.52. The highest BCUT2D eigenvalue weighted by Gasteiger charge is 2.17. The Hall–Kier alpha value is -3.15. The lowest BCUT2D eigenvalue weighted by Gasteiger charge is -2.29. The zero-order chi connectivity index (χ0) is 22.8. The highest BCUT2D eigenvalue weighted by Crippen LogP contribution is 2.21. The van der Waals surface area contributed by atoms with Crippen molar-refractivity contribution in [1.82, 2.24) is 14.5 Å². The van der Waals surface area contributed by atoms with Crippen molar-refractivity contribution in [3.63, 3.8) is 0 Å². The average molecular weight is 445 g/mol. The molecule has 33 heavy (non-hydrogen) atoms. The van der Waals surface area contributed by atoms with Crippen LogP contribution in [0.2, 0.25) is 0 Å². The van der Waals surface area contributed by atoms with Gasteiger partial charge >= 0.3 is 0 Å². The maximum Gasteiger partial charge on any atom is 0.261 e. The minimum atomic E-state index is -0.0612. The fourth-order valence-corrected chi connectivity index (χ4v) is 5.08. The third-order valence-corrected chi connectivity index (χ3v) is 6.99. The number of nitrogens with zero attached hydrogens (tertiary/aromatic N) is 4. The first-order chi connectivity index (χ1) is 16.1. The highest BCUT2D eigenvalue weighted by atomic mass is 16.2. The van der Waals surface area contributed by atoms with Crippen LogP contribution in [0.3, 0.4) is 0 Å². The zero-order valence-electron chi connectivity index (χ0n) is 19.4. The van der Waals surface area contributed by atoms with Gasteiger partial charge in [0, 0.05) is 50.9 Å². The average Bonchev–Trinajstić information content (AvgIpc) is 3.10. The monoisotopic (exact) mass is 444 g/mol. The fraction of sp³-hybridized carbons (Fsp3) is 0.444. The Balaban J connectivity index is 1.33. The van der Waals surface area contributed by atoms with Crippen LogP contribution < -0.4 is 10.5 Å². The Kier molecular flexibility index (Phi) is 6.16. The van der Waals surface area contributed by atoms with Crippen LogP contribution in [0, 0.1) is 0 Å². The largest absolute Gasteiger partial charge is 0.372 e.